The Balaban J connectivity index is 0.00000192. The lowest BCUT2D eigenvalue weighted by Crippen LogP contribution is -2.35. The van der Waals surface area contributed by atoms with Crippen molar-refractivity contribution in [2.24, 2.45) is 5.92 Å². The number of carbonyl (C=O) groups is 1. The minimum absolute atomic E-state index is 0. The highest BCUT2D eigenvalue weighted by Crippen LogP contribution is 2.23. The number of hydrogen-bond acceptors (Lipinski definition) is 4. The predicted molar refractivity (Wildman–Crippen MR) is 89.8 cm³/mol. The van der Waals surface area contributed by atoms with Gasteiger partial charge in [-0.3, -0.25) is 9.69 Å². The fourth-order valence-electron chi connectivity index (χ4n) is 2.70. The standard InChI is InChI=1S/C16H17ClN2O3.ClH/c17-13-3-1-2-12(8-13)15-18-14(10-22-15)9-19-6-4-11(5-7-19)16(20)21;/h1-3,8,10-11H,4-7,9H2,(H,20,21);1H. The number of carboxylic acids is 1. The molecule has 0 spiro atoms. The topological polar surface area (TPSA) is 66.6 Å². The van der Waals surface area contributed by atoms with Crippen molar-refractivity contribution in [3.63, 3.8) is 0 Å². The summed E-state index contributed by atoms with van der Waals surface area (Å²) in [5.74, 6) is -0.349. The van der Waals surface area contributed by atoms with Crippen LogP contribution < -0.4 is 0 Å². The van der Waals surface area contributed by atoms with Crippen LogP contribution in [0.1, 0.15) is 18.5 Å². The van der Waals surface area contributed by atoms with Crippen molar-refractivity contribution >= 4 is 30.0 Å². The molecule has 23 heavy (non-hydrogen) atoms. The summed E-state index contributed by atoms with van der Waals surface area (Å²) < 4.78 is 5.52. The molecule has 0 bridgehead atoms. The summed E-state index contributed by atoms with van der Waals surface area (Å²) in [4.78, 5) is 17.6. The van der Waals surface area contributed by atoms with E-state index in [0.717, 1.165) is 24.3 Å². The van der Waals surface area contributed by atoms with Crippen molar-refractivity contribution in [2.75, 3.05) is 13.1 Å². The van der Waals surface area contributed by atoms with Gasteiger partial charge in [-0.15, -0.1) is 12.4 Å². The Morgan fingerprint density at radius 2 is 2.13 bits per heavy atom. The minimum Gasteiger partial charge on any atom is -0.481 e. The van der Waals surface area contributed by atoms with Crippen LogP contribution >= 0.6 is 24.0 Å². The number of piperidine rings is 1. The zero-order chi connectivity index (χ0) is 15.5. The molecule has 0 amide bonds. The number of halogens is 2. The predicted octanol–water partition coefficient (Wildman–Crippen LogP) is 3.71. The summed E-state index contributed by atoms with van der Waals surface area (Å²) in [6.45, 7) is 2.23. The van der Waals surface area contributed by atoms with Crippen molar-refractivity contribution in [3.8, 4) is 11.5 Å². The van der Waals surface area contributed by atoms with E-state index in [1.54, 1.807) is 6.26 Å². The molecule has 0 radical (unpaired) electrons. The Hall–Kier alpha value is -1.56. The molecule has 5 nitrogen and oxygen atoms in total. The third-order valence-electron chi connectivity index (χ3n) is 3.95. The fourth-order valence-corrected chi connectivity index (χ4v) is 2.89. The Labute approximate surface area is 145 Å². The molecule has 1 saturated heterocycles. The second-order valence-electron chi connectivity index (χ2n) is 5.54. The van der Waals surface area contributed by atoms with Crippen molar-refractivity contribution < 1.29 is 14.3 Å². The van der Waals surface area contributed by atoms with E-state index in [-0.39, 0.29) is 18.3 Å². The normalized spacial score (nSPS) is 16.0. The van der Waals surface area contributed by atoms with Gasteiger partial charge in [0.15, 0.2) is 0 Å². The molecule has 1 fully saturated rings. The van der Waals surface area contributed by atoms with Crippen LogP contribution in [0.2, 0.25) is 5.02 Å². The molecule has 2 heterocycles. The van der Waals surface area contributed by atoms with Crippen LogP contribution in [0, 0.1) is 5.92 Å². The maximum absolute atomic E-state index is 11.0. The Bertz CT molecular complexity index is 667. The van der Waals surface area contributed by atoms with E-state index in [9.17, 15) is 4.79 Å². The van der Waals surface area contributed by atoms with Gasteiger partial charge in [-0.2, -0.15) is 0 Å². The largest absolute Gasteiger partial charge is 0.481 e. The van der Waals surface area contributed by atoms with E-state index in [0.29, 0.717) is 30.3 Å². The molecule has 1 N–H and O–H groups in total. The maximum atomic E-state index is 11.0. The van der Waals surface area contributed by atoms with Crippen LogP contribution in [0.5, 0.6) is 0 Å². The summed E-state index contributed by atoms with van der Waals surface area (Å²) in [5.41, 5.74) is 1.70. The second-order valence-corrected chi connectivity index (χ2v) is 5.98. The maximum Gasteiger partial charge on any atom is 0.306 e. The van der Waals surface area contributed by atoms with Gasteiger partial charge in [0.2, 0.25) is 5.89 Å². The number of aliphatic carboxylic acids is 1. The molecule has 7 heteroatoms. The van der Waals surface area contributed by atoms with Crippen LogP contribution in [-0.4, -0.2) is 34.0 Å². The highest BCUT2D eigenvalue weighted by Gasteiger charge is 2.24. The number of benzene rings is 1. The average Bonchev–Trinajstić information content (AvgIpc) is 2.96. The number of rotatable bonds is 4. The van der Waals surface area contributed by atoms with Crippen LogP contribution in [0.4, 0.5) is 0 Å². The quantitative estimate of drug-likeness (QED) is 0.904. The SMILES string of the molecule is Cl.O=C(O)C1CCN(Cc2coc(-c3cccc(Cl)c3)n2)CC1. The first-order valence-corrected chi connectivity index (χ1v) is 7.65. The van der Waals surface area contributed by atoms with Crippen LogP contribution in [0.15, 0.2) is 34.9 Å². The van der Waals surface area contributed by atoms with E-state index in [1.807, 2.05) is 24.3 Å². The monoisotopic (exact) mass is 356 g/mol. The second kappa shape index (κ2) is 7.81. The number of aromatic nitrogens is 1. The fraction of sp³-hybridized carbons (Fsp3) is 0.375. The number of nitrogens with zero attached hydrogens (tertiary/aromatic N) is 2. The molecule has 0 saturated carbocycles. The van der Waals surface area contributed by atoms with Crippen molar-refractivity contribution in [2.45, 2.75) is 19.4 Å². The molecule has 1 aliphatic heterocycles. The van der Waals surface area contributed by atoms with Crippen molar-refractivity contribution in [3.05, 3.63) is 41.2 Å². The van der Waals surface area contributed by atoms with E-state index in [1.165, 1.54) is 0 Å². The zero-order valence-corrected chi connectivity index (χ0v) is 14.0. The first-order valence-electron chi connectivity index (χ1n) is 7.27. The van der Waals surface area contributed by atoms with Gasteiger partial charge < -0.3 is 9.52 Å². The Morgan fingerprint density at radius 3 is 2.78 bits per heavy atom. The minimum atomic E-state index is -0.690. The van der Waals surface area contributed by atoms with Gasteiger partial charge in [0.1, 0.15) is 6.26 Å². The molecule has 1 aromatic carbocycles. The number of hydrogen-bond donors (Lipinski definition) is 1. The zero-order valence-electron chi connectivity index (χ0n) is 12.4. The van der Waals surface area contributed by atoms with Crippen LogP contribution in [0.25, 0.3) is 11.5 Å². The number of carboxylic acid groups (broad SMARTS) is 1. The molecule has 1 aliphatic rings. The van der Waals surface area contributed by atoms with Gasteiger partial charge in [0, 0.05) is 17.1 Å². The summed E-state index contributed by atoms with van der Waals surface area (Å²) in [6.07, 6.45) is 3.03. The summed E-state index contributed by atoms with van der Waals surface area (Å²) in [5, 5.41) is 9.66. The summed E-state index contributed by atoms with van der Waals surface area (Å²) in [6, 6.07) is 7.38. The van der Waals surface area contributed by atoms with Gasteiger partial charge in [-0.25, -0.2) is 4.98 Å². The molecule has 0 unspecified atom stereocenters. The van der Waals surface area contributed by atoms with Crippen molar-refractivity contribution in [1.29, 1.82) is 0 Å². The average molecular weight is 357 g/mol. The van der Waals surface area contributed by atoms with E-state index in [4.69, 9.17) is 21.1 Å². The summed E-state index contributed by atoms with van der Waals surface area (Å²) >= 11 is 5.97. The van der Waals surface area contributed by atoms with Gasteiger partial charge in [0.05, 0.1) is 11.6 Å². The highest BCUT2D eigenvalue weighted by molar-refractivity contribution is 6.30. The third kappa shape index (κ3) is 4.47. The van der Waals surface area contributed by atoms with Crippen LogP contribution in [0.3, 0.4) is 0 Å². The molecule has 0 aliphatic carbocycles. The third-order valence-corrected chi connectivity index (χ3v) is 4.18. The smallest absolute Gasteiger partial charge is 0.306 e. The summed E-state index contributed by atoms with van der Waals surface area (Å²) in [7, 11) is 0. The number of oxazole rings is 1. The molecule has 124 valence electrons. The Kier molecular flexibility index (Phi) is 6.04. The van der Waals surface area contributed by atoms with Crippen molar-refractivity contribution in [1.82, 2.24) is 9.88 Å². The van der Waals surface area contributed by atoms with E-state index in [2.05, 4.69) is 9.88 Å². The van der Waals surface area contributed by atoms with Gasteiger partial charge in [-0.05, 0) is 44.1 Å². The molecule has 3 rings (SSSR count). The lowest BCUT2D eigenvalue weighted by molar-refractivity contribution is -0.143. The molecular formula is C16H18Cl2N2O3. The van der Waals surface area contributed by atoms with E-state index >= 15 is 0 Å². The van der Waals surface area contributed by atoms with Gasteiger partial charge in [0.25, 0.3) is 0 Å². The van der Waals surface area contributed by atoms with E-state index < -0.39 is 5.97 Å². The lowest BCUT2D eigenvalue weighted by atomic mass is 9.97. The van der Waals surface area contributed by atoms with Gasteiger partial charge >= 0.3 is 5.97 Å². The highest BCUT2D eigenvalue weighted by atomic mass is 35.5. The molecule has 0 atom stereocenters. The molecule has 2 aromatic rings. The van der Waals surface area contributed by atoms with Gasteiger partial charge in [-0.1, -0.05) is 17.7 Å². The first-order chi connectivity index (χ1) is 10.6. The molecule has 1 aromatic heterocycles. The number of likely N-dealkylation sites (tertiary alicyclic amines) is 1. The van der Waals surface area contributed by atoms with Crippen LogP contribution in [-0.2, 0) is 11.3 Å². The molecular weight excluding hydrogens is 339 g/mol. The lowest BCUT2D eigenvalue weighted by Gasteiger charge is -2.29. The Morgan fingerprint density at radius 1 is 1.39 bits per heavy atom. The first kappa shape index (κ1) is 17.8.